The second-order valence-electron chi connectivity index (χ2n) is 7.09. The molecule has 0 aliphatic heterocycles. The SMILES string of the molecule is Cc1nc(C)c(C(=O)N[C@@H](Cc2cc(=O)[nH]c(-c3ccccn3)n2)c2ccccc2)s1. The van der Waals surface area contributed by atoms with Crippen molar-refractivity contribution in [2.45, 2.75) is 26.3 Å². The van der Waals surface area contributed by atoms with Crippen molar-refractivity contribution in [2.75, 3.05) is 0 Å². The van der Waals surface area contributed by atoms with Crippen LogP contribution in [-0.2, 0) is 6.42 Å². The first-order valence-electron chi connectivity index (χ1n) is 9.81. The van der Waals surface area contributed by atoms with E-state index in [0.717, 1.165) is 10.6 Å². The standard InChI is InChI=1S/C23H21N5O2S/c1-14-21(31-15(2)25-14)23(30)27-19(16-8-4-3-5-9-16)12-17-13-20(29)28-22(26-17)18-10-6-7-11-24-18/h3-11,13,19H,12H2,1-2H3,(H,27,30)(H,26,28,29)/t19-/m0/s1. The number of nitrogens with zero attached hydrogens (tertiary/aromatic N) is 3. The molecular formula is C23H21N5O2S. The maximum Gasteiger partial charge on any atom is 0.263 e. The van der Waals surface area contributed by atoms with Crippen molar-refractivity contribution in [3.63, 3.8) is 0 Å². The molecule has 0 spiro atoms. The molecule has 31 heavy (non-hydrogen) atoms. The number of benzene rings is 1. The van der Waals surface area contributed by atoms with Crippen molar-refractivity contribution >= 4 is 17.2 Å². The molecule has 1 aromatic carbocycles. The molecule has 1 amide bonds. The van der Waals surface area contributed by atoms with Crippen LogP contribution in [0.1, 0.15) is 37.7 Å². The Morgan fingerprint density at radius 2 is 1.87 bits per heavy atom. The molecule has 2 N–H and O–H groups in total. The molecule has 3 aromatic heterocycles. The van der Waals surface area contributed by atoms with Crippen LogP contribution in [0.3, 0.4) is 0 Å². The van der Waals surface area contributed by atoms with Crippen molar-refractivity contribution in [1.82, 2.24) is 25.3 Å². The molecule has 0 aliphatic rings. The molecule has 7 nitrogen and oxygen atoms in total. The Kier molecular flexibility index (Phi) is 5.99. The zero-order valence-corrected chi connectivity index (χ0v) is 17.9. The summed E-state index contributed by atoms with van der Waals surface area (Å²) in [5.74, 6) is 0.210. The van der Waals surface area contributed by atoms with Gasteiger partial charge in [0, 0.05) is 18.7 Å². The summed E-state index contributed by atoms with van der Waals surface area (Å²) < 4.78 is 0. The molecule has 0 unspecified atom stereocenters. The fourth-order valence-corrected chi connectivity index (χ4v) is 4.17. The summed E-state index contributed by atoms with van der Waals surface area (Å²) in [6.45, 7) is 3.70. The smallest absolute Gasteiger partial charge is 0.263 e. The van der Waals surface area contributed by atoms with E-state index in [1.165, 1.54) is 17.4 Å². The lowest BCUT2D eigenvalue weighted by Gasteiger charge is -2.19. The van der Waals surface area contributed by atoms with Gasteiger partial charge >= 0.3 is 0 Å². The first kappa shape index (κ1) is 20.6. The number of rotatable bonds is 6. The predicted octanol–water partition coefficient (Wildman–Crippen LogP) is 3.62. The minimum Gasteiger partial charge on any atom is -0.344 e. The maximum absolute atomic E-state index is 13.0. The van der Waals surface area contributed by atoms with Crippen LogP contribution in [0.5, 0.6) is 0 Å². The van der Waals surface area contributed by atoms with Crippen LogP contribution in [0, 0.1) is 13.8 Å². The van der Waals surface area contributed by atoms with Gasteiger partial charge in [-0.3, -0.25) is 14.6 Å². The summed E-state index contributed by atoms with van der Waals surface area (Å²) in [6, 6.07) is 16.2. The molecule has 0 saturated heterocycles. The molecule has 3 heterocycles. The zero-order chi connectivity index (χ0) is 21.8. The predicted molar refractivity (Wildman–Crippen MR) is 120 cm³/mol. The number of carbonyl (C=O) groups excluding carboxylic acids is 1. The zero-order valence-electron chi connectivity index (χ0n) is 17.1. The second-order valence-corrected chi connectivity index (χ2v) is 8.29. The Hall–Kier alpha value is -3.65. The topological polar surface area (TPSA) is 101 Å². The van der Waals surface area contributed by atoms with Crippen LogP contribution in [0.25, 0.3) is 11.5 Å². The molecule has 1 atom stereocenters. The van der Waals surface area contributed by atoms with Crippen molar-refractivity contribution < 1.29 is 4.79 Å². The van der Waals surface area contributed by atoms with Crippen LogP contribution < -0.4 is 10.9 Å². The summed E-state index contributed by atoms with van der Waals surface area (Å²) in [4.78, 5) is 41.8. The number of nitrogens with one attached hydrogen (secondary N) is 2. The van der Waals surface area contributed by atoms with Gasteiger partial charge < -0.3 is 10.3 Å². The molecule has 0 bridgehead atoms. The highest BCUT2D eigenvalue weighted by molar-refractivity contribution is 7.13. The number of aryl methyl sites for hydroxylation is 2. The van der Waals surface area contributed by atoms with E-state index in [-0.39, 0.29) is 17.5 Å². The molecule has 4 rings (SSSR count). The first-order chi connectivity index (χ1) is 15.0. The molecule has 0 aliphatic carbocycles. The minimum absolute atomic E-state index is 0.188. The Balaban J connectivity index is 1.66. The van der Waals surface area contributed by atoms with Crippen molar-refractivity contribution in [2.24, 2.45) is 0 Å². The maximum atomic E-state index is 13.0. The van der Waals surface area contributed by atoms with Gasteiger partial charge in [0.2, 0.25) is 0 Å². The fraction of sp³-hybridized carbons (Fsp3) is 0.174. The van der Waals surface area contributed by atoms with Crippen LogP contribution in [0.4, 0.5) is 0 Å². The van der Waals surface area contributed by atoms with E-state index < -0.39 is 0 Å². The van der Waals surface area contributed by atoms with Crippen LogP contribution in [0.2, 0.25) is 0 Å². The van der Waals surface area contributed by atoms with Gasteiger partial charge in [-0.15, -0.1) is 11.3 Å². The normalized spacial score (nSPS) is 11.8. The largest absolute Gasteiger partial charge is 0.344 e. The van der Waals surface area contributed by atoms with E-state index in [1.807, 2.05) is 50.2 Å². The van der Waals surface area contributed by atoms with Crippen molar-refractivity contribution in [1.29, 1.82) is 0 Å². The second kappa shape index (κ2) is 9.01. The van der Waals surface area contributed by atoms with Gasteiger partial charge in [-0.25, -0.2) is 9.97 Å². The fourth-order valence-electron chi connectivity index (χ4n) is 3.35. The average molecular weight is 432 g/mol. The lowest BCUT2D eigenvalue weighted by molar-refractivity contribution is 0.0939. The van der Waals surface area contributed by atoms with Gasteiger partial charge in [0.1, 0.15) is 10.6 Å². The highest BCUT2D eigenvalue weighted by Crippen LogP contribution is 2.22. The highest BCUT2D eigenvalue weighted by atomic mass is 32.1. The first-order valence-corrected chi connectivity index (χ1v) is 10.6. The summed E-state index contributed by atoms with van der Waals surface area (Å²) in [6.07, 6.45) is 2.00. The van der Waals surface area contributed by atoms with Crippen LogP contribution in [-0.4, -0.2) is 25.8 Å². The highest BCUT2D eigenvalue weighted by Gasteiger charge is 2.21. The van der Waals surface area contributed by atoms with Crippen LogP contribution >= 0.6 is 11.3 Å². The Bertz CT molecular complexity index is 1250. The molecule has 8 heteroatoms. The van der Waals surface area contributed by atoms with E-state index in [4.69, 9.17) is 0 Å². The Morgan fingerprint density at radius 1 is 1.10 bits per heavy atom. The van der Waals surface area contributed by atoms with Gasteiger partial charge in [0.15, 0.2) is 5.82 Å². The summed E-state index contributed by atoms with van der Waals surface area (Å²) in [5.41, 5.74) is 2.51. The number of carbonyl (C=O) groups is 1. The third-order valence-corrected chi connectivity index (χ3v) is 5.80. The molecule has 0 saturated carbocycles. The van der Waals surface area contributed by atoms with Gasteiger partial charge in [-0.05, 0) is 31.5 Å². The minimum atomic E-state index is -0.360. The van der Waals surface area contributed by atoms with Gasteiger partial charge in [-0.2, -0.15) is 0 Å². The van der Waals surface area contributed by atoms with Crippen molar-refractivity contribution in [3.8, 4) is 11.5 Å². The van der Waals surface area contributed by atoms with E-state index in [9.17, 15) is 9.59 Å². The Labute approximate surface area is 183 Å². The van der Waals surface area contributed by atoms with Gasteiger partial charge in [0.05, 0.1) is 22.4 Å². The summed E-state index contributed by atoms with van der Waals surface area (Å²) in [5, 5.41) is 3.94. The molecule has 4 aromatic rings. The van der Waals surface area contributed by atoms with E-state index in [1.54, 1.807) is 18.3 Å². The molecular weight excluding hydrogens is 410 g/mol. The van der Waals surface area contributed by atoms with E-state index in [2.05, 4.69) is 25.3 Å². The average Bonchev–Trinajstić information content (AvgIpc) is 3.12. The van der Waals surface area contributed by atoms with E-state index >= 15 is 0 Å². The quantitative estimate of drug-likeness (QED) is 0.486. The number of hydrogen-bond acceptors (Lipinski definition) is 6. The van der Waals surface area contributed by atoms with Gasteiger partial charge in [0.25, 0.3) is 11.5 Å². The summed E-state index contributed by atoms with van der Waals surface area (Å²) >= 11 is 1.37. The summed E-state index contributed by atoms with van der Waals surface area (Å²) in [7, 11) is 0. The monoisotopic (exact) mass is 431 g/mol. The van der Waals surface area contributed by atoms with Gasteiger partial charge in [-0.1, -0.05) is 36.4 Å². The molecule has 156 valence electrons. The number of amides is 1. The number of pyridine rings is 1. The lowest BCUT2D eigenvalue weighted by atomic mass is 10.0. The number of aromatic nitrogens is 4. The number of thiazole rings is 1. The third kappa shape index (κ3) is 4.92. The molecule has 0 fully saturated rings. The van der Waals surface area contributed by atoms with E-state index in [0.29, 0.717) is 34.2 Å². The number of H-pyrrole nitrogens is 1. The lowest BCUT2D eigenvalue weighted by Crippen LogP contribution is -2.30. The number of hydrogen-bond donors (Lipinski definition) is 2. The third-order valence-electron chi connectivity index (χ3n) is 4.73. The molecule has 0 radical (unpaired) electrons. The Morgan fingerprint density at radius 3 is 2.55 bits per heavy atom. The van der Waals surface area contributed by atoms with Crippen LogP contribution in [0.15, 0.2) is 65.6 Å². The van der Waals surface area contributed by atoms with Crippen molar-refractivity contribution in [3.05, 3.63) is 98.0 Å². The number of aromatic amines is 1.